The van der Waals surface area contributed by atoms with Crippen LogP contribution in [0.3, 0.4) is 0 Å². The second kappa shape index (κ2) is 9.95. The lowest BCUT2D eigenvalue weighted by Gasteiger charge is -2.19. The number of halogens is 3. The van der Waals surface area contributed by atoms with Crippen LogP contribution in [0.5, 0.6) is 17.4 Å². The predicted octanol–water partition coefficient (Wildman–Crippen LogP) is 5.81. The molecule has 6 nitrogen and oxygen atoms in total. The van der Waals surface area contributed by atoms with Crippen molar-refractivity contribution in [3.63, 3.8) is 0 Å². The lowest BCUT2D eigenvalue weighted by atomic mass is 9.92. The van der Waals surface area contributed by atoms with E-state index in [4.69, 9.17) is 18.9 Å². The Bertz CT molecular complexity index is 1310. The number of esters is 1. The van der Waals surface area contributed by atoms with Crippen molar-refractivity contribution < 1.29 is 36.9 Å². The van der Waals surface area contributed by atoms with Gasteiger partial charge in [-0.2, -0.15) is 13.2 Å². The zero-order valence-electron chi connectivity index (χ0n) is 20.4. The fraction of sp³-hybridized carbons (Fsp3) is 0.357. The first kappa shape index (κ1) is 24.9. The van der Waals surface area contributed by atoms with Crippen LogP contribution in [0.1, 0.15) is 58.2 Å². The minimum atomic E-state index is -4.47. The van der Waals surface area contributed by atoms with Gasteiger partial charge in [0.25, 0.3) is 0 Å². The Morgan fingerprint density at radius 2 is 1.92 bits per heavy atom. The molecule has 2 atom stereocenters. The third-order valence-corrected chi connectivity index (χ3v) is 6.95. The van der Waals surface area contributed by atoms with Crippen molar-refractivity contribution in [3.8, 4) is 17.4 Å². The van der Waals surface area contributed by atoms with Crippen LogP contribution >= 0.6 is 0 Å². The highest BCUT2D eigenvalue weighted by Gasteiger charge is 2.37. The van der Waals surface area contributed by atoms with E-state index >= 15 is 0 Å². The molecule has 1 aliphatic heterocycles. The molecule has 0 saturated heterocycles. The number of ether oxygens (including phenoxy) is 4. The van der Waals surface area contributed by atoms with Crippen LogP contribution < -0.4 is 14.2 Å². The number of nitrogens with zero attached hydrogens (tertiary/aromatic N) is 1. The van der Waals surface area contributed by atoms with E-state index in [1.54, 1.807) is 24.4 Å². The molecule has 0 amide bonds. The SMILES string of the molecule is COC(=O)C[C@@H]1COc2cc(O[C@@H]3CCc4c3ccc(C(F)(F)F)c4Cc3ccc(OC)nc3)ccc21. The van der Waals surface area contributed by atoms with E-state index in [0.717, 1.165) is 17.2 Å². The summed E-state index contributed by atoms with van der Waals surface area (Å²) in [7, 11) is 2.84. The number of rotatable bonds is 7. The van der Waals surface area contributed by atoms with Crippen LogP contribution in [0.4, 0.5) is 13.2 Å². The van der Waals surface area contributed by atoms with E-state index in [-0.39, 0.29) is 36.4 Å². The lowest BCUT2D eigenvalue weighted by molar-refractivity contribution is -0.141. The number of benzene rings is 2. The van der Waals surface area contributed by atoms with Crippen molar-refractivity contribution in [2.75, 3.05) is 20.8 Å². The Labute approximate surface area is 212 Å². The van der Waals surface area contributed by atoms with E-state index in [1.165, 1.54) is 20.3 Å². The summed E-state index contributed by atoms with van der Waals surface area (Å²) in [6, 6.07) is 11.5. The maximum absolute atomic E-state index is 13.9. The maximum atomic E-state index is 13.9. The smallest absolute Gasteiger partial charge is 0.416 e. The van der Waals surface area contributed by atoms with Gasteiger partial charge in [-0.05, 0) is 53.6 Å². The Hall–Kier alpha value is -3.75. The van der Waals surface area contributed by atoms with E-state index in [0.29, 0.717) is 48.0 Å². The molecule has 2 aromatic carbocycles. The molecule has 0 unspecified atom stereocenters. The molecule has 0 fully saturated rings. The summed E-state index contributed by atoms with van der Waals surface area (Å²) in [6.45, 7) is 0.379. The summed E-state index contributed by atoms with van der Waals surface area (Å²) in [5, 5.41) is 0. The van der Waals surface area contributed by atoms with Gasteiger partial charge in [-0.15, -0.1) is 0 Å². The Kier molecular flexibility index (Phi) is 6.70. The number of hydrogen-bond acceptors (Lipinski definition) is 6. The van der Waals surface area contributed by atoms with E-state index in [1.807, 2.05) is 12.1 Å². The van der Waals surface area contributed by atoms with Crippen LogP contribution in [-0.2, 0) is 28.5 Å². The minimum absolute atomic E-state index is 0.0838. The van der Waals surface area contributed by atoms with Crippen molar-refractivity contribution in [1.82, 2.24) is 4.98 Å². The second-order valence-corrected chi connectivity index (χ2v) is 9.18. The molecular formula is C28H26F3NO5. The van der Waals surface area contributed by atoms with Gasteiger partial charge in [0.05, 0.1) is 32.8 Å². The van der Waals surface area contributed by atoms with E-state index in [2.05, 4.69) is 4.98 Å². The van der Waals surface area contributed by atoms with Gasteiger partial charge < -0.3 is 18.9 Å². The molecule has 2 heterocycles. The first-order chi connectivity index (χ1) is 17.8. The van der Waals surface area contributed by atoms with Crippen LogP contribution in [0, 0.1) is 0 Å². The fourth-order valence-corrected chi connectivity index (χ4v) is 5.12. The molecule has 9 heteroatoms. The number of fused-ring (bicyclic) bond motifs is 2. The number of carbonyl (C=O) groups is 1. The van der Waals surface area contributed by atoms with Gasteiger partial charge in [0, 0.05) is 29.8 Å². The summed E-state index contributed by atoms with van der Waals surface area (Å²) in [6.07, 6.45) is -1.93. The quantitative estimate of drug-likeness (QED) is 0.372. The number of carbonyl (C=O) groups excluding carboxylic acids is 1. The van der Waals surface area contributed by atoms with Gasteiger partial charge in [0.1, 0.15) is 17.6 Å². The molecule has 2 aliphatic rings. The zero-order chi connectivity index (χ0) is 26.2. The Morgan fingerprint density at radius 3 is 2.62 bits per heavy atom. The molecular weight excluding hydrogens is 487 g/mol. The van der Waals surface area contributed by atoms with Crippen molar-refractivity contribution >= 4 is 5.97 Å². The van der Waals surface area contributed by atoms with E-state index < -0.39 is 11.7 Å². The highest BCUT2D eigenvalue weighted by molar-refractivity contribution is 5.71. The number of methoxy groups -OCH3 is 2. The van der Waals surface area contributed by atoms with Gasteiger partial charge in [-0.1, -0.05) is 18.2 Å². The van der Waals surface area contributed by atoms with Gasteiger partial charge in [-0.25, -0.2) is 4.98 Å². The minimum Gasteiger partial charge on any atom is -0.492 e. The molecule has 5 rings (SSSR count). The average molecular weight is 514 g/mol. The average Bonchev–Trinajstić information content (AvgIpc) is 3.48. The molecule has 0 radical (unpaired) electrons. The summed E-state index contributed by atoms with van der Waals surface area (Å²) in [5.74, 6) is 1.23. The Morgan fingerprint density at radius 1 is 1.11 bits per heavy atom. The van der Waals surface area contributed by atoms with Crippen molar-refractivity contribution in [2.45, 2.75) is 43.9 Å². The predicted molar refractivity (Wildman–Crippen MR) is 128 cm³/mol. The van der Waals surface area contributed by atoms with Crippen LogP contribution in [0.2, 0.25) is 0 Å². The molecule has 0 bridgehead atoms. The maximum Gasteiger partial charge on any atom is 0.416 e. The van der Waals surface area contributed by atoms with Crippen LogP contribution in [-0.4, -0.2) is 31.8 Å². The molecule has 3 aromatic rings. The summed E-state index contributed by atoms with van der Waals surface area (Å²) >= 11 is 0. The standard InChI is InChI=1S/C28H26F3NO5/c1-34-26-10-3-16(14-32-26)11-22-20-7-9-24(21(20)6-8-23(22)28(29,30)31)37-18-4-5-19-17(12-27(33)35-2)15-36-25(19)13-18/h3-6,8,10,13-14,17,24H,7,9,11-12,15H2,1-2H3/t17-,24-/m1/s1. The molecule has 0 spiro atoms. The third kappa shape index (κ3) is 5.08. The van der Waals surface area contributed by atoms with Crippen LogP contribution in [0.25, 0.3) is 0 Å². The molecule has 0 saturated carbocycles. The number of aromatic nitrogens is 1. The second-order valence-electron chi connectivity index (χ2n) is 9.18. The van der Waals surface area contributed by atoms with Gasteiger partial charge in [-0.3, -0.25) is 4.79 Å². The monoisotopic (exact) mass is 513 g/mol. The fourth-order valence-electron chi connectivity index (χ4n) is 5.12. The number of pyridine rings is 1. The topological polar surface area (TPSA) is 66.9 Å². The largest absolute Gasteiger partial charge is 0.492 e. The number of hydrogen-bond donors (Lipinski definition) is 0. The van der Waals surface area contributed by atoms with Gasteiger partial charge >= 0.3 is 12.1 Å². The molecule has 1 aromatic heterocycles. The zero-order valence-corrected chi connectivity index (χ0v) is 20.4. The first-order valence-corrected chi connectivity index (χ1v) is 12.0. The highest BCUT2D eigenvalue weighted by atomic mass is 19.4. The van der Waals surface area contributed by atoms with Crippen molar-refractivity contribution in [1.29, 1.82) is 0 Å². The van der Waals surface area contributed by atoms with Crippen molar-refractivity contribution in [2.24, 2.45) is 0 Å². The number of alkyl halides is 3. The normalized spacial score (nSPS) is 18.1. The summed E-state index contributed by atoms with van der Waals surface area (Å²) < 4.78 is 63.6. The lowest BCUT2D eigenvalue weighted by Crippen LogP contribution is -2.13. The molecule has 0 N–H and O–H groups in total. The Balaban J connectivity index is 1.40. The molecule has 37 heavy (non-hydrogen) atoms. The highest BCUT2D eigenvalue weighted by Crippen LogP contribution is 2.44. The first-order valence-electron chi connectivity index (χ1n) is 12.0. The summed E-state index contributed by atoms with van der Waals surface area (Å²) in [5.41, 5.74) is 2.63. The van der Waals surface area contributed by atoms with Crippen LogP contribution in [0.15, 0.2) is 48.7 Å². The van der Waals surface area contributed by atoms with E-state index in [9.17, 15) is 18.0 Å². The van der Waals surface area contributed by atoms with Gasteiger partial charge in [0.15, 0.2) is 0 Å². The molecule has 1 aliphatic carbocycles. The summed E-state index contributed by atoms with van der Waals surface area (Å²) in [4.78, 5) is 15.8. The molecule has 194 valence electrons. The van der Waals surface area contributed by atoms with Crippen molar-refractivity contribution in [3.05, 3.63) is 82.0 Å². The third-order valence-electron chi connectivity index (χ3n) is 6.95. The van der Waals surface area contributed by atoms with Gasteiger partial charge in [0.2, 0.25) is 5.88 Å².